The zero-order valence-electron chi connectivity index (χ0n) is 10.8. The molecule has 0 saturated carbocycles. The number of nitrogens with one attached hydrogen (secondary N) is 1. The van der Waals surface area contributed by atoms with Gasteiger partial charge in [0.15, 0.2) is 0 Å². The second kappa shape index (κ2) is 5.65. The predicted octanol–water partition coefficient (Wildman–Crippen LogP) is 2.67. The minimum atomic E-state index is -0.262. The predicted molar refractivity (Wildman–Crippen MR) is 71.0 cm³/mol. The molecule has 2 atom stereocenters. The summed E-state index contributed by atoms with van der Waals surface area (Å²) >= 11 is 0. The average molecular weight is 233 g/mol. The van der Waals surface area contributed by atoms with Crippen molar-refractivity contribution in [2.24, 2.45) is 5.92 Å². The zero-order chi connectivity index (χ0) is 12.3. The summed E-state index contributed by atoms with van der Waals surface area (Å²) in [5.41, 5.74) is 2.58. The summed E-state index contributed by atoms with van der Waals surface area (Å²) in [5.74, 6) is 0.718. The lowest BCUT2D eigenvalue weighted by molar-refractivity contribution is 0.138. The van der Waals surface area contributed by atoms with Crippen LogP contribution in [0.5, 0.6) is 0 Å². The van der Waals surface area contributed by atoms with E-state index < -0.39 is 0 Å². The summed E-state index contributed by atoms with van der Waals surface area (Å²) in [5, 5.41) is 13.6. The SMILES string of the molecule is CCC(CC)CN[C@@H]1c2ccccc2C[C@@H]1O. The standard InChI is InChI=1S/C15H23NO/c1-3-11(4-2)10-16-15-13-8-6-5-7-12(13)9-14(15)17/h5-8,11,14-17H,3-4,9-10H2,1-2H3/t14-,15+/m0/s1. The topological polar surface area (TPSA) is 32.3 Å². The second-order valence-electron chi connectivity index (χ2n) is 5.04. The summed E-state index contributed by atoms with van der Waals surface area (Å²) in [6.07, 6.45) is 2.93. The molecule has 0 fully saturated rings. The van der Waals surface area contributed by atoms with Crippen LogP contribution in [0.2, 0.25) is 0 Å². The molecule has 0 heterocycles. The lowest BCUT2D eigenvalue weighted by Gasteiger charge is -2.21. The number of fused-ring (bicyclic) bond motifs is 1. The van der Waals surface area contributed by atoms with Gasteiger partial charge < -0.3 is 10.4 Å². The van der Waals surface area contributed by atoms with E-state index in [0.717, 1.165) is 18.9 Å². The molecule has 0 aliphatic heterocycles. The Kier molecular flexibility index (Phi) is 4.19. The molecule has 1 aliphatic carbocycles. The van der Waals surface area contributed by atoms with Gasteiger partial charge in [-0.15, -0.1) is 0 Å². The van der Waals surface area contributed by atoms with Crippen molar-refractivity contribution < 1.29 is 5.11 Å². The lowest BCUT2D eigenvalue weighted by Crippen LogP contribution is -2.32. The van der Waals surface area contributed by atoms with Crippen LogP contribution in [0, 0.1) is 5.92 Å². The fraction of sp³-hybridized carbons (Fsp3) is 0.600. The number of rotatable bonds is 5. The summed E-state index contributed by atoms with van der Waals surface area (Å²) in [6.45, 7) is 5.47. The smallest absolute Gasteiger partial charge is 0.0775 e. The van der Waals surface area contributed by atoms with Crippen molar-refractivity contribution in [2.75, 3.05) is 6.54 Å². The summed E-state index contributed by atoms with van der Waals surface area (Å²) in [7, 11) is 0. The molecule has 2 nitrogen and oxygen atoms in total. The molecule has 0 saturated heterocycles. The van der Waals surface area contributed by atoms with Gasteiger partial charge >= 0.3 is 0 Å². The Morgan fingerprint density at radius 3 is 2.71 bits per heavy atom. The van der Waals surface area contributed by atoms with Gasteiger partial charge in [0.1, 0.15) is 0 Å². The van der Waals surface area contributed by atoms with Crippen molar-refractivity contribution >= 4 is 0 Å². The molecule has 1 aromatic rings. The third-order valence-corrected chi connectivity index (χ3v) is 3.99. The highest BCUT2D eigenvalue weighted by Crippen LogP contribution is 2.31. The zero-order valence-corrected chi connectivity index (χ0v) is 10.8. The minimum absolute atomic E-state index is 0.131. The van der Waals surface area contributed by atoms with Gasteiger partial charge in [-0.05, 0) is 23.6 Å². The Morgan fingerprint density at radius 1 is 1.29 bits per heavy atom. The van der Waals surface area contributed by atoms with Crippen molar-refractivity contribution in [3.05, 3.63) is 35.4 Å². The van der Waals surface area contributed by atoms with Gasteiger partial charge in [-0.1, -0.05) is 51.0 Å². The molecule has 1 aromatic carbocycles. The maximum atomic E-state index is 10.1. The Bertz CT molecular complexity index is 360. The number of hydrogen-bond donors (Lipinski definition) is 2. The first-order chi connectivity index (χ1) is 8.26. The monoisotopic (exact) mass is 233 g/mol. The van der Waals surface area contributed by atoms with Gasteiger partial charge in [-0.25, -0.2) is 0 Å². The van der Waals surface area contributed by atoms with E-state index in [-0.39, 0.29) is 12.1 Å². The largest absolute Gasteiger partial charge is 0.391 e. The fourth-order valence-electron chi connectivity index (χ4n) is 2.69. The highest BCUT2D eigenvalue weighted by atomic mass is 16.3. The highest BCUT2D eigenvalue weighted by Gasteiger charge is 2.30. The summed E-state index contributed by atoms with van der Waals surface area (Å²) in [4.78, 5) is 0. The molecule has 2 heteroatoms. The Hall–Kier alpha value is -0.860. The number of hydrogen-bond acceptors (Lipinski definition) is 2. The van der Waals surface area contributed by atoms with Crippen LogP contribution in [0.25, 0.3) is 0 Å². The van der Waals surface area contributed by atoms with E-state index in [0.29, 0.717) is 0 Å². The van der Waals surface area contributed by atoms with Gasteiger partial charge in [-0.3, -0.25) is 0 Å². The van der Waals surface area contributed by atoms with Crippen LogP contribution < -0.4 is 5.32 Å². The molecule has 0 bridgehead atoms. The lowest BCUT2D eigenvalue weighted by atomic mass is 10.0. The molecule has 0 radical (unpaired) electrons. The van der Waals surface area contributed by atoms with E-state index in [4.69, 9.17) is 0 Å². The maximum Gasteiger partial charge on any atom is 0.0775 e. The van der Waals surface area contributed by atoms with Gasteiger partial charge in [0.25, 0.3) is 0 Å². The molecular formula is C15H23NO. The normalized spacial score (nSPS) is 23.1. The third kappa shape index (κ3) is 2.70. The number of aliphatic hydroxyl groups is 1. The van der Waals surface area contributed by atoms with Crippen molar-refractivity contribution in [3.63, 3.8) is 0 Å². The molecule has 0 spiro atoms. The van der Waals surface area contributed by atoms with E-state index in [9.17, 15) is 5.11 Å². The van der Waals surface area contributed by atoms with Crippen LogP contribution in [0.4, 0.5) is 0 Å². The van der Waals surface area contributed by atoms with E-state index >= 15 is 0 Å². The van der Waals surface area contributed by atoms with Crippen LogP contribution >= 0.6 is 0 Å². The first-order valence-electron chi connectivity index (χ1n) is 6.75. The molecule has 0 unspecified atom stereocenters. The third-order valence-electron chi connectivity index (χ3n) is 3.99. The van der Waals surface area contributed by atoms with E-state index in [1.807, 2.05) is 0 Å². The van der Waals surface area contributed by atoms with Crippen LogP contribution in [0.3, 0.4) is 0 Å². The molecule has 2 N–H and O–H groups in total. The molecule has 1 aliphatic rings. The Morgan fingerprint density at radius 2 is 2.00 bits per heavy atom. The molecule has 0 aromatic heterocycles. The van der Waals surface area contributed by atoms with Crippen molar-refractivity contribution in [3.8, 4) is 0 Å². The number of aliphatic hydroxyl groups excluding tert-OH is 1. The minimum Gasteiger partial charge on any atom is -0.391 e. The summed E-state index contributed by atoms with van der Waals surface area (Å²) in [6, 6.07) is 8.50. The van der Waals surface area contributed by atoms with Gasteiger partial charge in [0.2, 0.25) is 0 Å². The first kappa shape index (κ1) is 12.6. The van der Waals surface area contributed by atoms with Crippen molar-refractivity contribution in [2.45, 2.75) is 45.3 Å². The number of benzene rings is 1. The second-order valence-corrected chi connectivity index (χ2v) is 5.04. The van der Waals surface area contributed by atoms with Crippen LogP contribution in [0.1, 0.15) is 43.9 Å². The Balaban J connectivity index is 2.01. The van der Waals surface area contributed by atoms with Gasteiger partial charge in [0.05, 0.1) is 12.1 Å². The fourth-order valence-corrected chi connectivity index (χ4v) is 2.69. The molecule has 0 amide bonds. The molecule has 2 rings (SSSR count). The first-order valence-corrected chi connectivity index (χ1v) is 6.75. The van der Waals surface area contributed by atoms with Crippen LogP contribution in [0.15, 0.2) is 24.3 Å². The van der Waals surface area contributed by atoms with E-state index in [2.05, 4.69) is 43.4 Å². The van der Waals surface area contributed by atoms with Crippen molar-refractivity contribution in [1.82, 2.24) is 5.32 Å². The molecule has 94 valence electrons. The van der Waals surface area contributed by atoms with Gasteiger partial charge in [-0.2, -0.15) is 0 Å². The van der Waals surface area contributed by atoms with Gasteiger partial charge in [0, 0.05) is 6.42 Å². The molecular weight excluding hydrogens is 210 g/mol. The van der Waals surface area contributed by atoms with E-state index in [1.54, 1.807) is 0 Å². The average Bonchev–Trinajstić information content (AvgIpc) is 2.67. The molecule has 17 heavy (non-hydrogen) atoms. The highest BCUT2D eigenvalue weighted by molar-refractivity contribution is 5.36. The van der Waals surface area contributed by atoms with Crippen LogP contribution in [-0.4, -0.2) is 17.8 Å². The van der Waals surface area contributed by atoms with Crippen molar-refractivity contribution in [1.29, 1.82) is 0 Å². The van der Waals surface area contributed by atoms with E-state index in [1.165, 1.54) is 24.0 Å². The Labute approximate surface area is 104 Å². The maximum absolute atomic E-state index is 10.1. The van der Waals surface area contributed by atoms with Crippen LogP contribution in [-0.2, 0) is 6.42 Å². The quantitative estimate of drug-likeness (QED) is 0.819. The summed E-state index contributed by atoms with van der Waals surface area (Å²) < 4.78 is 0.